The molecule has 0 aromatic heterocycles. The van der Waals surface area contributed by atoms with E-state index in [1.807, 2.05) is 20.8 Å². The molecule has 1 N–H and O–H groups in total. The van der Waals surface area contributed by atoms with Crippen LogP contribution in [0.3, 0.4) is 0 Å². The quantitative estimate of drug-likeness (QED) is 0.449. The van der Waals surface area contributed by atoms with Crippen LogP contribution in [0.5, 0.6) is 0 Å². The van der Waals surface area contributed by atoms with Gasteiger partial charge in [-0.25, -0.2) is 9.68 Å². The summed E-state index contributed by atoms with van der Waals surface area (Å²) in [5.41, 5.74) is -0.783. The summed E-state index contributed by atoms with van der Waals surface area (Å²) in [5.74, 6) is 0. The number of carbonyl (C=O) groups is 2. The van der Waals surface area contributed by atoms with E-state index in [1.165, 1.54) is 0 Å². The number of ether oxygens (including phenoxy) is 1. The summed E-state index contributed by atoms with van der Waals surface area (Å²) in [7, 11) is 0. The van der Waals surface area contributed by atoms with E-state index in [-0.39, 0.29) is 5.41 Å². The molecular formula is C10H18O6. The minimum absolute atomic E-state index is 0.0303. The van der Waals surface area contributed by atoms with Crippen molar-refractivity contribution in [3.05, 3.63) is 0 Å². The van der Waals surface area contributed by atoms with Gasteiger partial charge >= 0.3 is 12.3 Å². The average molecular weight is 234 g/mol. The maximum Gasteiger partial charge on any atom is 0.550 e. The molecule has 0 atom stereocenters. The first-order valence-corrected chi connectivity index (χ1v) is 4.82. The first-order chi connectivity index (χ1) is 7.02. The van der Waals surface area contributed by atoms with Gasteiger partial charge in [-0.1, -0.05) is 20.8 Å². The highest BCUT2D eigenvalue weighted by Crippen LogP contribution is 2.29. The molecular weight excluding hydrogens is 216 g/mol. The van der Waals surface area contributed by atoms with Gasteiger partial charge < -0.3 is 9.84 Å². The van der Waals surface area contributed by atoms with Gasteiger partial charge in [-0.15, -0.1) is 0 Å². The van der Waals surface area contributed by atoms with Crippen LogP contribution in [0.25, 0.3) is 0 Å². The zero-order valence-electron chi connectivity index (χ0n) is 10.2. The summed E-state index contributed by atoms with van der Waals surface area (Å²) in [6, 6.07) is 0. The van der Waals surface area contributed by atoms with Gasteiger partial charge in [0, 0.05) is 0 Å². The van der Waals surface area contributed by atoms with Crippen molar-refractivity contribution in [1.82, 2.24) is 0 Å². The Morgan fingerprint density at radius 2 is 1.56 bits per heavy atom. The molecule has 0 aliphatic carbocycles. The van der Waals surface area contributed by atoms with E-state index in [0.29, 0.717) is 6.42 Å². The van der Waals surface area contributed by atoms with Crippen molar-refractivity contribution in [2.75, 3.05) is 0 Å². The summed E-state index contributed by atoms with van der Waals surface area (Å²) in [5, 5.41) is 8.09. The molecule has 6 nitrogen and oxygen atoms in total. The minimum Gasteiger partial charge on any atom is -0.447 e. The van der Waals surface area contributed by atoms with Crippen molar-refractivity contribution < 1.29 is 29.2 Å². The van der Waals surface area contributed by atoms with Crippen LogP contribution in [-0.2, 0) is 14.5 Å². The van der Waals surface area contributed by atoms with Crippen molar-refractivity contribution in [1.29, 1.82) is 0 Å². The summed E-state index contributed by atoms with van der Waals surface area (Å²) in [4.78, 5) is 28.5. The highest BCUT2D eigenvalue weighted by Gasteiger charge is 2.30. The average Bonchev–Trinajstić information content (AvgIpc) is 1.94. The molecule has 0 unspecified atom stereocenters. The molecule has 0 saturated heterocycles. The molecule has 0 aromatic carbocycles. The largest absolute Gasteiger partial charge is 0.550 e. The summed E-state index contributed by atoms with van der Waals surface area (Å²) in [6.45, 7) is 9.41. The molecule has 0 bridgehead atoms. The predicted molar refractivity (Wildman–Crippen MR) is 54.8 cm³/mol. The van der Waals surface area contributed by atoms with Gasteiger partial charge in [0.2, 0.25) is 0 Å². The fourth-order valence-electron chi connectivity index (χ4n) is 1.63. The minimum atomic E-state index is -1.70. The van der Waals surface area contributed by atoms with Crippen molar-refractivity contribution in [2.24, 2.45) is 5.41 Å². The van der Waals surface area contributed by atoms with Crippen LogP contribution < -0.4 is 0 Å². The molecule has 94 valence electrons. The topological polar surface area (TPSA) is 82.1 Å². The van der Waals surface area contributed by atoms with Crippen LogP contribution in [0, 0.1) is 5.41 Å². The lowest BCUT2D eigenvalue weighted by Crippen LogP contribution is -2.33. The number of hydrogen-bond acceptors (Lipinski definition) is 5. The Morgan fingerprint density at radius 3 is 1.94 bits per heavy atom. The second kappa shape index (κ2) is 5.05. The molecule has 0 fully saturated rings. The van der Waals surface area contributed by atoms with Crippen molar-refractivity contribution >= 4 is 12.3 Å². The van der Waals surface area contributed by atoms with Crippen LogP contribution in [0.4, 0.5) is 9.59 Å². The molecule has 0 rings (SSSR count). The lowest BCUT2D eigenvalue weighted by molar-refractivity contribution is -0.223. The molecule has 6 heteroatoms. The van der Waals surface area contributed by atoms with E-state index < -0.39 is 17.9 Å². The van der Waals surface area contributed by atoms with Gasteiger partial charge in [0.25, 0.3) is 0 Å². The maximum absolute atomic E-state index is 11.0. The number of rotatable bonds is 2. The number of hydrogen-bond donors (Lipinski definition) is 1. The van der Waals surface area contributed by atoms with E-state index in [9.17, 15) is 9.59 Å². The van der Waals surface area contributed by atoms with Gasteiger partial charge in [-0.2, -0.15) is 9.68 Å². The van der Waals surface area contributed by atoms with Gasteiger partial charge in [0.15, 0.2) is 0 Å². The van der Waals surface area contributed by atoms with Crippen LogP contribution >= 0.6 is 0 Å². The molecule has 0 saturated carbocycles. The van der Waals surface area contributed by atoms with E-state index in [2.05, 4.69) is 9.78 Å². The summed E-state index contributed by atoms with van der Waals surface area (Å²) < 4.78 is 4.91. The lowest BCUT2D eigenvalue weighted by atomic mass is 9.84. The van der Waals surface area contributed by atoms with E-state index in [4.69, 9.17) is 9.84 Å². The Bertz CT molecular complexity index is 263. The van der Waals surface area contributed by atoms with Crippen LogP contribution in [0.2, 0.25) is 0 Å². The van der Waals surface area contributed by atoms with E-state index >= 15 is 0 Å². The fourth-order valence-corrected chi connectivity index (χ4v) is 1.63. The highest BCUT2D eigenvalue weighted by molar-refractivity contribution is 5.62. The zero-order chi connectivity index (χ0) is 13.0. The molecule has 0 aliphatic rings. The SMILES string of the molecule is CC(C)(C)CC(C)(C)OC(=O)OOC(=O)O. The summed E-state index contributed by atoms with van der Waals surface area (Å²) in [6.07, 6.45) is -2.27. The van der Waals surface area contributed by atoms with Gasteiger partial charge in [0.1, 0.15) is 5.60 Å². The number of carboxylic acid groups (broad SMARTS) is 1. The molecule has 0 heterocycles. The third-order valence-corrected chi connectivity index (χ3v) is 1.50. The molecule has 0 spiro atoms. The highest BCUT2D eigenvalue weighted by atomic mass is 17.3. The van der Waals surface area contributed by atoms with Gasteiger partial charge in [-0.05, 0) is 25.7 Å². The third-order valence-electron chi connectivity index (χ3n) is 1.50. The van der Waals surface area contributed by atoms with Crippen LogP contribution in [0.15, 0.2) is 0 Å². The lowest BCUT2D eigenvalue weighted by Gasteiger charge is -2.31. The zero-order valence-corrected chi connectivity index (χ0v) is 10.2. The summed E-state index contributed by atoms with van der Waals surface area (Å²) >= 11 is 0. The molecule has 16 heavy (non-hydrogen) atoms. The Hall–Kier alpha value is -1.46. The number of carbonyl (C=O) groups excluding carboxylic acids is 1. The monoisotopic (exact) mass is 234 g/mol. The van der Waals surface area contributed by atoms with Crippen molar-refractivity contribution in [3.8, 4) is 0 Å². The predicted octanol–water partition coefficient (Wildman–Crippen LogP) is 2.96. The van der Waals surface area contributed by atoms with Gasteiger partial charge in [-0.3, -0.25) is 0 Å². The van der Waals surface area contributed by atoms with Crippen LogP contribution in [0.1, 0.15) is 41.0 Å². The second-order valence-corrected chi connectivity index (χ2v) is 5.28. The van der Waals surface area contributed by atoms with Gasteiger partial charge in [0.05, 0.1) is 0 Å². The molecule has 0 amide bonds. The first-order valence-electron chi connectivity index (χ1n) is 4.82. The molecule has 0 radical (unpaired) electrons. The first kappa shape index (κ1) is 14.5. The Morgan fingerprint density at radius 1 is 1.06 bits per heavy atom. The van der Waals surface area contributed by atoms with Crippen LogP contribution in [-0.4, -0.2) is 23.0 Å². The fraction of sp³-hybridized carbons (Fsp3) is 0.800. The van der Waals surface area contributed by atoms with E-state index in [1.54, 1.807) is 13.8 Å². The van der Waals surface area contributed by atoms with Crippen molar-refractivity contribution in [3.63, 3.8) is 0 Å². The maximum atomic E-state index is 11.0. The molecule has 0 aromatic rings. The van der Waals surface area contributed by atoms with E-state index in [0.717, 1.165) is 0 Å². The van der Waals surface area contributed by atoms with Crippen molar-refractivity contribution in [2.45, 2.75) is 46.6 Å². The Balaban J connectivity index is 4.15. The normalized spacial score (nSPS) is 11.8. The smallest absolute Gasteiger partial charge is 0.447 e. The standard InChI is InChI=1S/C10H18O6/c1-9(2,3)6-10(4,5)14-8(13)16-15-7(11)12/h6H2,1-5H3,(H,11,12). The third kappa shape index (κ3) is 7.90. The second-order valence-electron chi connectivity index (χ2n) is 5.28. The molecule has 0 aliphatic heterocycles. The Labute approximate surface area is 94.4 Å². The Kier molecular flexibility index (Phi) is 4.59.